The number of amides is 1. The first-order valence-electron chi connectivity index (χ1n) is 6.53. The van der Waals surface area contributed by atoms with Gasteiger partial charge in [0.1, 0.15) is 0 Å². The summed E-state index contributed by atoms with van der Waals surface area (Å²) in [7, 11) is 1.82. The van der Waals surface area contributed by atoms with Crippen LogP contribution in [0.15, 0.2) is 0 Å². The van der Waals surface area contributed by atoms with Crippen molar-refractivity contribution in [2.45, 2.75) is 39.2 Å². The summed E-state index contributed by atoms with van der Waals surface area (Å²) in [6, 6.07) is 0.209. The van der Waals surface area contributed by atoms with Gasteiger partial charge in [0.25, 0.3) is 5.91 Å². The minimum Gasteiger partial charge on any atom is -0.395 e. The van der Waals surface area contributed by atoms with Crippen LogP contribution in [-0.2, 0) is 0 Å². The number of hydrogen-bond donors (Lipinski definition) is 2. The maximum absolute atomic E-state index is 12.4. The minimum absolute atomic E-state index is 0.110. The van der Waals surface area contributed by atoms with Gasteiger partial charge in [-0.05, 0) is 18.6 Å². The summed E-state index contributed by atoms with van der Waals surface area (Å²) in [6.07, 6.45) is 2.96. The first kappa shape index (κ1) is 15.9. The van der Waals surface area contributed by atoms with Gasteiger partial charge in [0.05, 0.1) is 11.4 Å². The molecule has 0 saturated carbocycles. The van der Waals surface area contributed by atoms with Crippen LogP contribution in [0.25, 0.3) is 0 Å². The van der Waals surface area contributed by atoms with Gasteiger partial charge in [-0.3, -0.25) is 9.89 Å². The number of rotatable bonds is 6. The van der Waals surface area contributed by atoms with Gasteiger partial charge in [-0.1, -0.05) is 20.8 Å². The van der Waals surface area contributed by atoms with Crippen molar-refractivity contribution in [3.8, 4) is 0 Å². The van der Waals surface area contributed by atoms with Crippen LogP contribution in [0.3, 0.4) is 0 Å². The fourth-order valence-electron chi connectivity index (χ4n) is 2.00. The zero-order chi connectivity index (χ0) is 14.6. The Hall–Kier alpha value is -1.17. The van der Waals surface area contributed by atoms with Gasteiger partial charge in [-0.25, -0.2) is 0 Å². The Morgan fingerprint density at radius 3 is 2.58 bits per heavy atom. The zero-order valence-corrected chi connectivity index (χ0v) is 13.2. The third kappa shape index (κ3) is 3.43. The van der Waals surface area contributed by atoms with Crippen LogP contribution in [0.1, 0.15) is 49.3 Å². The van der Waals surface area contributed by atoms with Crippen LogP contribution < -0.4 is 5.73 Å². The molecule has 1 unspecified atom stereocenters. The molecule has 0 aromatic carbocycles. The molecule has 19 heavy (non-hydrogen) atoms. The van der Waals surface area contributed by atoms with Gasteiger partial charge in [-0.15, -0.1) is 0 Å². The average Bonchev–Trinajstić information content (AvgIpc) is 2.76. The number of aromatic amines is 1. The standard InChI is InChI=1S/C13H24N4OS/c1-6-9(7-19-5)17(4)13(18)12-10(14)11(8(2)3)15-16-12/h8-9H,6-7,14H2,1-5H3,(H,15,16). The van der Waals surface area contributed by atoms with Gasteiger partial charge < -0.3 is 10.6 Å². The molecule has 3 N–H and O–H groups in total. The highest BCUT2D eigenvalue weighted by Crippen LogP contribution is 2.23. The molecule has 1 rings (SSSR count). The Morgan fingerprint density at radius 1 is 1.53 bits per heavy atom. The van der Waals surface area contributed by atoms with Crippen LogP contribution in [0, 0.1) is 0 Å². The van der Waals surface area contributed by atoms with E-state index < -0.39 is 0 Å². The second-order valence-corrected chi connectivity index (χ2v) is 5.90. The Morgan fingerprint density at radius 2 is 2.16 bits per heavy atom. The minimum atomic E-state index is -0.110. The smallest absolute Gasteiger partial charge is 0.276 e. The Balaban J connectivity index is 2.93. The van der Waals surface area contributed by atoms with Gasteiger partial charge in [0.15, 0.2) is 5.69 Å². The molecule has 0 aliphatic rings. The van der Waals surface area contributed by atoms with E-state index in [-0.39, 0.29) is 17.9 Å². The first-order valence-corrected chi connectivity index (χ1v) is 7.93. The number of nitrogens with zero attached hydrogens (tertiary/aromatic N) is 2. The average molecular weight is 284 g/mol. The quantitative estimate of drug-likeness (QED) is 0.840. The molecule has 0 spiro atoms. The molecule has 0 saturated heterocycles. The number of nitrogens with two attached hydrogens (primary N) is 1. The molecule has 0 aliphatic carbocycles. The number of carbonyl (C=O) groups excluding carboxylic acids is 1. The van der Waals surface area contributed by atoms with Crippen LogP contribution in [0.4, 0.5) is 5.69 Å². The molecule has 1 amide bonds. The molecule has 108 valence electrons. The summed E-state index contributed by atoms with van der Waals surface area (Å²) in [4.78, 5) is 14.2. The van der Waals surface area contributed by atoms with E-state index in [4.69, 9.17) is 5.73 Å². The molecule has 6 heteroatoms. The van der Waals surface area contributed by atoms with Crippen molar-refractivity contribution in [3.05, 3.63) is 11.4 Å². The van der Waals surface area contributed by atoms with Gasteiger partial charge in [0, 0.05) is 18.8 Å². The fraction of sp³-hybridized carbons (Fsp3) is 0.692. The van der Waals surface area contributed by atoms with E-state index in [9.17, 15) is 4.79 Å². The summed E-state index contributed by atoms with van der Waals surface area (Å²) in [5.41, 5.74) is 7.66. The van der Waals surface area contributed by atoms with E-state index in [0.717, 1.165) is 17.9 Å². The molecule has 1 aromatic rings. The Labute approximate surface area is 119 Å². The van der Waals surface area contributed by atoms with Crippen LogP contribution in [-0.4, -0.2) is 46.1 Å². The molecule has 0 aliphatic heterocycles. The normalized spacial score (nSPS) is 12.7. The Bertz CT molecular complexity index is 430. The van der Waals surface area contributed by atoms with Gasteiger partial charge >= 0.3 is 0 Å². The molecule has 1 atom stereocenters. The van der Waals surface area contributed by atoms with Crippen molar-refractivity contribution >= 4 is 23.4 Å². The maximum Gasteiger partial charge on any atom is 0.276 e. The van der Waals surface area contributed by atoms with Crippen molar-refractivity contribution in [2.75, 3.05) is 24.8 Å². The summed E-state index contributed by atoms with van der Waals surface area (Å²) < 4.78 is 0. The van der Waals surface area contributed by atoms with Crippen molar-refractivity contribution in [1.29, 1.82) is 0 Å². The molecular formula is C13H24N4OS. The summed E-state index contributed by atoms with van der Waals surface area (Å²) in [6.45, 7) is 6.12. The summed E-state index contributed by atoms with van der Waals surface area (Å²) in [5, 5.41) is 6.96. The lowest BCUT2D eigenvalue weighted by Gasteiger charge is -2.26. The first-order chi connectivity index (χ1) is 8.93. The molecule has 1 heterocycles. The predicted octanol–water partition coefficient (Wildman–Crippen LogP) is 2.33. The van der Waals surface area contributed by atoms with Gasteiger partial charge in [-0.2, -0.15) is 16.9 Å². The highest BCUT2D eigenvalue weighted by Gasteiger charge is 2.25. The number of aromatic nitrogens is 2. The molecular weight excluding hydrogens is 260 g/mol. The number of anilines is 1. The Kier molecular flexibility index (Phi) is 5.72. The lowest BCUT2D eigenvalue weighted by atomic mass is 10.1. The van der Waals surface area contributed by atoms with Crippen LogP contribution in [0.2, 0.25) is 0 Å². The number of carbonyl (C=O) groups is 1. The van der Waals surface area contributed by atoms with Crippen molar-refractivity contribution in [1.82, 2.24) is 15.1 Å². The number of H-pyrrole nitrogens is 1. The number of hydrogen-bond acceptors (Lipinski definition) is 4. The van der Waals surface area contributed by atoms with E-state index in [1.165, 1.54) is 0 Å². The van der Waals surface area contributed by atoms with Crippen molar-refractivity contribution in [2.24, 2.45) is 0 Å². The molecule has 0 fully saturated rings. The van der Waals surface area contributed by atoms with Crippen molar-refractivity contribution < 1.29 is 4.79 Å². The molecule has 1 aromatic heterocycles. The van der Waals surface area contributed by atoms with E-state index in [1.807, 2.05) is 27.2 Å². The molecule has 0 bridgehead atoms. The van der Waals surface area contributed by atoms with Gasteiger partial charge in [0.2, 0.25) is 0 Å². The topological polar surface area (TPSA) is 75.0 Å². The zero-order valence-electron chi connectivity index (χ0n) is 12.4. The number of nitrogens with one attached hydrogen (secondary N) is 1. The fourth-order valence-corrected chi connectivity index (χ4v) is 2.84. The third-order valence-electron chi connectivity index (χ3n) is 3.31. The van der Waals surface area contributed by atoms with Crippen LogP contribution >= 0.6 is 11.8 Å². The largest absolute Gasteiger partial charge is 0.395 e. The summed E-state index contributed by atoms with van der Waals surface area (Å²) >= 11 is 1.74. The number of nitrogen functional groups attached to an aromatic ring is 1. The second kappa shape index (κ2) is 6.84. The van der Waals surface area contributed by atoms with Crippen LogP contribution in [0.5, 0.6) is 0 Å². The van der Waals surface area contributed by atoms with Crippen molar-refractivity contribution in [3.63, 3.8) is 0 Å². The maximum atomic E-state index is 12.4. The van der Waals surface area contributed by atoms with E-state index in [2.05, 4.69) is 17.1 Å². The molecule has 5 nitrogen and oxygen atoms in total. The number of thioether (sulfide) groups is 1. The van der Waals surface area contributed by atoms with E-state index in [0.29, 0.717) is 11.4 Å². The predicted molar refractivity (Wildman–Crippen MR) is 81.6 cm³/mol. The lowest BCUT2D eigenvalue weighted by Crippen LogP contribution is -2.38. The monoisotopic (exact) mass is 284 g/mol. The SMILES string of the molecule is CCC(CSC)N(C)C(=O)c1n[nH]c(C(C)C)c1N. The third-order valence-corrected chi connectivity index (χ3v) is 4.03. The second-order valence-electron chi connectivity index (χ2n) is 4.99. The highest BCUT2D eigenvalue weighted by molar-refractivity contribution is 7.98. The summed E-state index contributed by atoms with van der Waals surface area (Å²) in [5.74, 6) is 1.04. The molecule has 0 radical (unpaired) electrons. The van der Waals surface area contributed by atoms with E-state index in [1.54, 1.807) is 16.7 Å². The highest BCUT2D eigenvalue weighted by atomic mass is 32.2. The van der Waals surface area contributed by atoms with E-state index >= 15 is 0 Å². The lowest BCUT2D eigenvalue weighted by molar-refractivity contribution is 0.0738.